The smallest absolute Gasteiger partial charge is 0.175 e. The maximum Gasteiger partial charge on any atom is 0.175 e. The van der Waals surface area contributed by atoms with Crippen LogP contribution in [0.15, 0.2) is 29.2 Å². The molecular weight excluding hydrogens is 294 g/mol. The topological polar surface area (TPSA) is 63.2 Å². The summed E-state index contributed by atoms with van der Waals surface area (Å²) in [5.74, 6) is 0. The Morgan fingerprint density at radius 3 is 2.20 bits per heavy atom. The average Bonchev–Trinajstić information content (AvgIpc) is 2.37. The normalized spacial score (nSPS) is 16.6. The van der Waals surface area contributed by atoms with Crippen molar-refractivity contribution in [2.45, 2.75) is 36.5 Å². The SMILES string of the molecule is CC(NCCC(C)S(C)=O)c1ccc(S(C)(=O)=O)cc1. The monoisotopic (exact) mass is 317 g/mol. The summed E-state index contributed by atoms with van der Waals surface area (Å²) in [5.41, 5.74) is 1.04. The molecule has 0 bridgehead atoms. The molecule has 0 aliphatic carbocycles. The first-order chi connectivity index (χ1) is 9.21. The van der Waals surface area contributed by atoms with Gasteiger partial charge >= 0.3 is 0 Å². The molecule has 1 aromatic rings. The highest BCUT2D eigenvalue weighted by Gasteiger charge is 2.10. The van der Waals surface area contributed by atoms with Gasteiger partial charge in [-0.05, 0) is 37.6 Å². The van der Waals surface area contributed by atoms with Crippen LogP contribution in [0.4, 0.5) is 0 Å². The van der Waals surface area contributed by atoms with Crippen LogP contribution in [0.3, 0.4) is 0 Å². The third-order valence-corrected chi connectivity index (χ3v) is 5.87. The number of hydrogen-bond acceptors (Lipinski definition) is 4. The molecule has 0 heterocycles. The molecular formula is C14H23NO3S2. The van der Waals surface area contributed by atoms with Gasteiger partial charge in [-0.25, -0.2) is 8.42 Å². The first-order valence-corrected chi connectivity index (χ1v) is 10.1. The lowest BCUT2D eigenvalue weighted by Gasteiger charge is -2.16. The molecule has 0 amide bonds. The van der Waals surface area contributed by atoms with Gasteiger partial charge in [-0.2, -0.15) is 0 Å². The minimum Gasteiger partial charge on any atom is -0.310 e. The Bertz CT molecular complexity index is 552. The molecule has 1 N–H and O–H groups in total. The molecule has 6 heteroatoms. The molecule has 0 saturated heterocycles. The van der Waals surface area contributed by atoms with E-state index < -0.39 is 20.6 Å². The molecule has 0 saturated carbocycles. The maximum absolute atomic E-state index is 11.4. The van der Waals surface area contributed by atoms with Gasteiger partial charge in [0.15, 0.2) is 9.84 Å². The van der Waals surface area contributed by atoms with Gasteiger partial charge in [-0.15, -0.1) is 0 Å². The average molecular weight is 317 g/mol. The molecule has 4 nitrogen and oxygen atoms in total. The fourth-order valence-corrected chi connectivity index (χ4v) is 2.87. The zero-order valence-electron chi connectivity index (χ0n) is 12.4. The van der Waals surface area contributed by atoms with Gasteiger partial charge < -0.3 is 5.32 Å². The van der Waals surface area contributed by atoms with Crippen LogP contribution in [0.2, 0.25) is 0 Å². The second-order valence-electron chi connectivity index (χ2n) is 5.11. The van der Waals surface area contributed by atoms with E-state index in [9.17, 15) is 12.6 Å². The first-order valence-electron chi connectivity index (χ1n) is 6.57. The Kier molecular flexibility index (Phi) is 6.36. The van der Waals surface area contributed by atoms with E-state index in [4.69, 9.17) is 0 Å². The Morgan fingerprint density at radius 2 is 1.75 bits per heavy atom. The number of benzene rings is 1. The molecule has 1 rings (SSSR count). The molecule has 114 valence electrons. The summed E-state index contributed by atoms with van der Waals surface area (Å²) in [7, 11) is -3.93. The highest BCUT2D eigenvalue weighted by Crippen LogP contribution is 2.16. The lowest BCUT2D eigenvalue weighted by atomic mass is 10.1. The Labute approximate surface area is 124 Å². The van der Waals surface area contributed by atoms with Gasteiger partial charge in [0.25, 0.3) is 0 Å². The Hall–Kier alpha value is -0.720. The van der Waals surface area contributed by atoms with Crippen molar-refractivity contribution >= 4 is 20.6 Å². The highest BCUT2D eigenvalue weighted by molar-refractivity contribution is 7.90. The summed E-state index contributed by atoms with van der Waals surface area (Å²) < 4.78 is 34.0. The minimum absolute atomic E-state index is 0.140. The predicted octanol–water partition coefficient (Wildman–Crippen LogP) is 1.90. The standard InChI is InChI=1S/C14H23NO3S2/c1-11(19(3)16)9-10-15-12(2)13-5-7-14(8-6-13)20(4,17)18/h5-8,11-12,15H,9-10H2,1-4H3. The molecule has 3 unspecified atom stereocenters. The van der Waals surface area contributed by atoms with Crippen LogP contribution in [0.1, 0.15) is 31.9 Å². The zero-order valence-corrected chi connectivity index (χ0v) is 14.1. The first kappa shape index (κ1) is 17.3. The molecule has 0 spiro atoms. The summed E-state index contributed by atoms with van der Waals surface area (Å²) in [6, 6.07) is 7.06. The van der Waals surface area contributed by atoms with Crippen molar-refractivity contribution in [3.8, 4) is 0 Å². The van der Waals surface area contributed by atoms with Crippen LogP contribution in [0, 0.1) is 0 Å². The van der Waals surface area contributed by atoms with Crippen molar-refractivity contribution in [3.05, 3.63) is 29.8 Å². The number of rotatable bonds is 7. The quantitative estimate of drug-likeness (QED) is 0.834. The third-order valence-electron chi connectivity index (χ3n) is 3.38. The van der Waals surface area contributed by atoms with Crippen LogP contribution in [0.5, 0.6) is 0 Å². The molecule has 0 radical (unpaired) electrons. The minimum atomic E-state index is -3.14. The molecule has 1 aromatic carbocycles. The largest absolute Gasteiger partial charge is 0.310 e. The molecule has 0 aromatic heterocycles. The summed E-state index contributed by atoms with van der Waals surface area (Å²) >= 11 is 0. The van der Waals surface area contributed by atoms with Crippen molar-refractivity contribution in [2.75, 3.05) is 19.1 Å². The van der Waals surface area contributed by atoms with Crippen LogP contribution in [-0.2, 0) is 20.6 Å². The van der Waals surface area contributed by atoms with Crippen molar-refractivity contribution in [2.24, 2.45) is 0 Å². The molecule has 20 heavy (non-hydrogen) atoms. The van der Waals surface area contributed by atoms with E-state index in [2.05, 4.69) is 5.32 Å². The Balaban J connectivity index is 2.56. The molecule has 0 aliphatic heterocycles. The van der Waals surface area contributed by atoms with E-state index >= 15 is 0 Å². The fourth-order valence-electron chi connectivity index (χ4n) is 1.79. The number of nitrogens with one attached hydrogen (secondary N) is 1. The van der Waals surface area contributed by atoms with Gasteiger partial charge in [0.05, 0.1) is 4.90 Å². The number of sulfone groups is 1. The van der Waals surface area contributed by atoms with Crippen LogP contribution < -0.4 is 5.32 Å². The van der Waals surface area contributed by atoms with E-state index in [1.165, 1.54) is 6.26 Å². The third kappa shape index (κ3) is 5.34. The molecule has 0 aliphatic rings. The van der Waals surface area contributed by atoms with Crippen molar-refractivity contribution in [1.82, 2.24) is 5.32 Å². The molecule has 3 atom stereocenters. The van der Waals surface area contributed by atoms with E-state index in [0.717, 1.165) is 18.5 Å². The van der Waals surface area contributed by atoms with Gasteiger partial charge in [0, 0.05) is 34.6 Å². The van der Waals surface area contributed by atoms with E-state index in [0.29, 0.717) is 4.90 Å². The van der Waals surface area contributed by atoms with E-state index in [-0.39, 0.29) is 11.3 Å². The fraction of sp³-hybridized carbons (Fsp3) is 0.571. The zero-order chi connectivity index (χ0) is 15.3. The van der Waals surface area contributed by atoms with Crippen molar-refractivity contribution < 1.29 is 12.6 Å². The second kappa shape index (κ2) is 7.33. The lowest BCUT2D eigenvalue weighted by molar-refractivity contribution is 0.553. The van der Waals surface area contributed by atoms with Crippen molar-refractivity contribution in [1.29, 1.82) is 0 Å². The predicted molar refractivity (Wildman–Crippen MR) is 84.1 cm³/mol. The highest BCUT2D eigenvalue weighted by atomic mass is 32.2. The molecule has 0 fully saturated rings. The van der Waals surface area contributed by atoms with Crippen LogP contribution in [0.25, 0.3) is 0 Å². The Morgan fingerprint density at radius 1 is 1.20 bits per heavy atom. The lowest BCUT2D eigenvalue weighted by Crippen LogP contribution is -2.24. The summed E-state index contributed by atoms with van der Waals surface area (Å²) in [6.45, 7) is 4.79. The van der Waals surface area contributed by atoms with Gasteiger partial charge in [0.1, 0.15) is 0 Å². The van der Waals surface area contributed by atoms with Gasteiger partial charge in [-0.3, -0.25) is 4.21 Å². The summed E-state index contributed by atoms with van der Waals surface area (Å²) in [6.07, 6.45) is 3.78. The van der Waals surface area contributed by atoms with Gasteiger partial charge in [-0.1, -0.05) is 19.1 Å². The van der Waals surface area contributed by atoms with Crippen molar-refractivity contribution in [3.63, 3.8) is 0 Å². The number of hydrogen-bond donors (Lipinski definition) is 1. The van der Waals surface area contributed by atoms with E-state index in [1.807, 2.05) is 26.0 Å². The van der Waals surface area contributed by atoms with E-state index in [1.54, 1.807) is 18.4 Å². The van der Waals surface area contributed by atoms with Gasteiger partial charge in [0.2, 0.25) is 0 Å². The van der Waals surface area contributed by atoms with Crippen LogP contribution in [-0.4, -0.2) is 36.9 Å². The second-order valence-corrected chi connectivity index (χ2v) is 8.93. The van der Waals surface area contributed by atoms with Crippen LogP contribution >= 0.6 is 0 Å². The summed E-state index contributed by atoms with van der Waals surface area (Å²) in [4.78, 5) is 0.337. The summed E-state index contributed by atoms with van der Waals surface area (Å²) in [5, 5.41) is 3.54. The maximum atomic E-state index is 11.4.